The van der Waals surface area contributed by atoms with Gasteiger partial charge in [-0.25, -0.2) is 14.5 Å². The highest BCUT2D eigenvalue weighted by Crippen LogP contribution is 2.35. The number of ether oxygens (including phenoxy) is 2. The van der Waals surface area contributed by atoms with E-state index in [1.807, 2.05) is 19.9 Å². The summed E-state index contributed by atoms with van der Waals surface area (Å²) in [5.41, 5.74) is 3.58. The molecular weight excluding hydrogens is 597 g/mol. The van der Waals surface area contributed by atoms with Gasteiger partial charge in [-0.15, -0.1) is 18.3 Å². The van der Waals surface area contributed by atoms with Gasteiger partial charge in [0.15, 0.2) is 11.0 Å². The van der Waals surface area contributed by atoms with Gasteiger partial charge in [0, 0.05) is 12.1 Å². The van der Waals surface area contributed by atoms with Gasteiger partial charge in [-0.3, -0.25) is 9.69 Å². The molecule has 3 aromatic carbocycles. The van der Waals surface area contributed by atoms with Crippen LogP contribution in [0.4, 0.5) is 23.7 Å². The first-order valence-electron chi connectivity index (χ1n) is 13.4. The van der Waals surface area contributed by atoms with Crippen LogP contribution < -0.4 is 19.7 Å². The predicted molar refractivity (Wildman–Crippen MR) is 160 cm³/mol. The average molecular weight is 625 g/mol. The summed E-state index contributed by atoms with van der Waals surface area (Å²) in [5.74, 6) is 0.877. The Morgan fingerprint density at radius 3 is 2.43 bits per heavy atom. The highest BCUT2D eigenvalue weighted by molar-refractivity contribution is 8.15. The highest BCUT2D eigenvalue weighted by Gasteiger charge is 2.33. The van der Waals surface area contributed by atoms with Crippen LogP contribution in [0.3, 0.4) is 0 Å². The lowest BCUT2D eigenvalue weighted by Gasteiger charge is -2.22. The van der Waals surface area contributed by atoms with Gasteiger partial charge in [-0.2, -0.15) is 4.99 Å². The molecule has 44 heavy (non-hydrogen) atoms. The molecule has 0 saturated carbocycles. The summed E-state index contributed by atoms with van der Waals surface area (Å²) in [7, 11) is 1.58. The number of amides is 3. The maximum Gasteiger partial charge on any atom is 0.573 e. The second kappa shape index (κ2) is 12.8. The van der Waals surface area contributed by atoms with Crippen molar-refractivity contribution in [2.45, 2.75) is 32.7 Å². The third-order valence-corrected chi connectivity index (χ3v) is 7.47. The number of amidine groups is 1. The van der Waals surface area contributed by atoms with Crippen molar-refractivity contribution in [3.05, 3.63) is 84.2 Å². The second-order valence-electron chi connectivity index (χ2n) is 9.90. The molecule has 10 nitrogen and oxygen atoms in total. The van der Waals surface area contributed by atoms with Gasteiger partial charge < -0.3 is 14.8 Å². The van der Waals surface area contributed by atoms with E-state index in [1.54, 1.807) is 43.5 Å². The monoisotopic (exact) mass is 624 g/mol. The lowest BCUT2D eigenvalue weighted by atomic mass is 10.00. The number of nitrogens with zero attached hydrogens (tertiary/aromatic N) is 5. The molecule has 1 saturated heterocycles. The Morgan fingerprint density at radius 2 is 1.77 bits per heavy atom. The van der Waals surface area contributed by atoms with Crippen molar-refractivity contribution in [1.29, 1.82) is 0 Å². The van der Waals surface area contributed by atoms with E-state index >= 15 is 0 Å². The lowest BCUT2D eigenvalue weighted by molar-refractivity contribution is -0.274. The number of halogens is 3. The first-order valence-corrected chi connectivity index (χ1v) is 14.4. The van der Waals surface area contributed by atoms with Crippen LogP contribution in [0.5, 0.6) is 11.5 Å². The number of aliphatic imine (C=N–C) groups is 1. The molecule has 228 valence electrons. The number of alkyl halides is 3. The van der Waals surface area contributed by atoms with Crippen molar-refractivity contribution in [2.24, 2.45) is 4.99 Å². The van der Waals surface area contributed by atoms with Gasteiger partial charge in [0.2, 0.25) is 5.91 Å². The molecule has 1 fully saturated rings. The number of hydrogen-bond acceptors (Lipinski definition) is 7. The maximum atomic E-state index is 12.8. The number of anilines is 1. The molecule has 5 rings (SSSR count). The van der Waals surface area contributed by atoms with E-state index in [0.717, 1.165) is 11.1 Å². The Bertz CT molecular complexity index is 1690. The highest BCUT2D eigenvalue weighted by atomic mass is 32.2. The number of methoxy groups -OCH3 is 1. The Morgan fingerprint density at radius 1 is 1.07 bits per heavy atom. The Hall–Kier alpha value is -4.85. The summed E-state index contributed by atoms with van der Waals surface area (Å²) < 4.78 is 47.9. The van der Waals surface area contributed by atoms with Gasteiger partial charge in [0.05, 0.1) is 24.2 Å². The second-order valence-corrected chi connectivity index (χ2v) is 10.8. The number of rotatable bonds is 8. The van der Waals surface area contributed by atoms with Crippen LogP contribution in [0.2, 0.25) is 0 Å². The summed E-state index contributed by atoms with van der Waals surface area (Å²) in [6.45, 7) is 4.23. The fourth-order valence-electron chi connectivity index (χ4n) is 4.40. The van der Waals surface area contributed by atoms with E-state index in [0.29, 0.717) is 33.7 Å². The molecule has 0 bridgehead atoms. The molecule has 0 aliphatic carbocycles. The van der Waals surface area contributed by atoms with E-state index in [1.165, 1.54) is 51.9 Å². The molecule has 2 heterocycles. The summed E-state index contributed by atoms with van der Waals surface area (Å²) in [5, 5.41) is 7.46. The summed E-state index contributed by atoms with van der Waals surface area (Å²) in [6.07, 6.45) is -3.32. The van der Waals surface area contributed by atoms with Gasteiger partial charge in [0.1, 0.15) is 17.8 Å². The van der Waals surface area contributed by atoms with E-state index in [4.69, 9.17) is 4.74 Å². The predicted octanol–water partition coefficient (Wildman–Crippen LogP) is 6.31. The van der Waals surface area contributed by atoms with Crippen molar-refractivity contribution in [2.75, 3.05) is 17.8 Å². The molecule has 0 unspecified atom stereocenters. The molecule has 3 amide bonds. The largest absolute Gasteiger partial charge is 0.573 e. The molecule has 1 aromatic heterocycles. The molecule has 0 spiro atoms. The summed E-state index contributed by atoms with van der Waals surface area (Å²) >= 11 is 1.20. The van der Waals surface area contributed by atoms with Gasteiger partial charge in [-0.05, 0) is 59.5 Å². The number of urea groups is 1. The van der Waals surface area contributed by atoms with Crippen LogP contribution in [0.15, 0.2) is 78.0 Å². The van der Waals surface area contributed by atoms with Crippen LogP contribution >= 0.6 is 11.8 Å². The number of aromatic nitrogens is 3. The smallest absolute Gasteiger partial charge is 0.497 e. The van der Waals surface area contributed by atoms with Crippen LogP contribution in [0, 0.1) is 0 Å². The Kier molecular flexibility index (Phi) is 8.90. The first kappa shape index (κ1) is 30.6. The molecule has 0 radical (unpaired) electrons. The van der Waals surface area contributed by atoms with Crippen LogP contribution in [-0.4, -0.2) is 51.1 Å². The summed E-state index contributed by atoms with van der Waals surface area (Å²) in [4.78, 5) is 35.4. The molecule has 1 aliphatic rings. The van der Waals surface area contributed by atoms with E-state index in [-0.39, 0.29) is 29.9 Å². The van der Waals surface area contributed by atoms with E-state index < -0.39 is 12.4 Å². The molecule has 14 heteroatoms. The molecule has 1 N–H and O–H groups in total. The number of carbonyl (C=O) groups excluding carboxylic acids is 2. The first-order chi connectivity index (χ1) is 21.0. The molecule has 1 aliphatic heterocycles. The van der Waals surface area contributed by atoms with Crippen molar-refractivity contribution >= 4 is 34.6 Å². The normalized spacial score (nSPS) is 14.4. The average Bonchev–Trinajstić information content (AvgIpc) is 3.62. The minimum atomic E-state index is -4.77. The third-order valence-electron chi connectivity index (χ3n) is 6.54. The Labute approximate surface area is 254 Å². The fraction of sp³-hybridized carbons (Fsp3) is 0.233. The minimum absolute atomic E-state index is 0.105. The third kappa shape index (κ3) is 7.19. The van der Waals surface area contributed by atoms with Crippen LogP contribution in [-0.2, 0) is 11.3 Å². The van der Waals surface area contributed by atoms with Gasteiger partial charge in [0.25, 0.3) is 0 Å². The maximum absolute atomic E-state index is 12.8. The summed E-state index contributed by atoms with van der Waals surface area (Å²) in [6, 6.07) is 17.3. The SMILES string of the molecule is COc1ccc(N2C(=O)CSC2=NC(=O)NCc2ccc(-c3ncn(-c4ccc(OC(F)(F)F)cc4)n3)cc2)c(C(C)C)c1. The fourth-order valence-corrected chi connectivity index (χ4v) is 5.26. The number of hydrogen-bond donors (Lipinski definition) is 1. The number of nitrogens with one attached hydrogen (secondary N) is 1. The number of benzene rings is 3. The van der Waals surface area contributed by atoms with E-state index in [9.17, 15) is 22.8 Å². The quantitative estimate of drug-likeness (QED) is 0.245. The van der Waals surface area contributed by atoms with Crippen LogP contribution in [0.1, 0.15) is 30.9 Å². The zero-order chi connectivity index (χ0) is 31.4. The van der Waals surface area contributed by atoms with Crippen LogP contribution in [0.25, 0.3) is 17.1 Å². The molecule has 4 aromatic rings. The van der Waals surface area contributed by atoms with Gasteiger partial charge in [-0.1, -0.05) is 49.9 Å². The standard InChI is InChI=1S/C30H27F3N6O4S/c1-18(2)24-14-23(42-3)12-13-25(24)39-26(40)16-44-29(39)36-28(41)34-15-19-4-6-20(7-5-19)27-35-17-38(37-27)21-8-10-22(11-9-21)43-30(31,32)33/h4-14,17-18H,15-16H2,1-3H3,(H,34,41). The minimum Gasteiger partial charge on any atom is -0.497 e. The number of thioether (sulfide) groups is 1. The Balaban J connectivity index is 1.22. The van der Waals surface area contributed by atoms with Crippen molar-refractivity contribution in [3.8, 4) is 28.6 Å². The van der Waals surface area contributed by atoms with Gasteiger partial charge >= 0.3 is 12.4 Å². The van der Waals surface area contributed by atoms with Crippen molar-refractivity contribution in [1.82, 2.24) is 20.1 Å². The van der Waals surface area contributed by atoms with Crippen molar-refractivity contribution < 1.29 is 32.2 Å². The molecule has 0 atom stereocenters. The zero-order valence-corrected chi connectivity index (χ0v) is 24.6. The van der Waals surface area contributed by atoms with E-state index in [2.05, 4.69) is 25.1 Å². The lowest BCUT2D eigenvalue weighted by Crippen LogP contribution is -2.32. The number of carbonyl (C=O) groups is 2. The molecular formula is C30H27F3N6O4S. The topological polar surface area (TPSA) is 111 Å². The van der Waals surface area contributed by atoms with Crippen molar-refractivity contribution in [3.63, 3.8) is 0 Å². The zero-order valence-electron chi connectivity index (χ0n) is 23.8.